The zero-order chi connectivity index (χ0) is 23.5. The Balaban J connectivity index is 1.81. The van der Waals surface area contributed by atoms with E-state index in [0.717, 1.165) is 6.26 Å². The molecule has 32 heavy (non-hydrogen) atoms. The lowest BCUT2D eigenvalue weighted by Crippen LogP contribution is -2.19. The number of sulfonamides is 1. The lowest BCUT2D eigenvalue weighted by molar-refractivity contribution is 0.120. The largest absolute Gasteiger partial charge is 0.441 e. The van der Waals surface area contributed by atoms with Crippen molar-refractivity contribution in [3.63, 3.8) is 0 Å². The molecular weight excluding hydrogens is 434 g/mol. The van der Waals surface area contributed by atoms with Gasteiger partial charge in [-0.15, -0.1) is 5.10 Å². The van der Waals surface area contributed by atoms with Crippen molar-refractivity contribution in [2.45, 2.75) is 20.0 Å². The lowest BCUT2D eigenvalue weighted by Gasteiger charge is -2.16. The minimum Gasteiger partial charge on any atom is -0.441 e. The molecule has 168 valence electrons. The zero-order valence-electron chi connectivity index (χ0n) is 18.0. The quantitative estimate of drug-likeness (QED) is 0.552. The third-order valence-electron chi connectivity index (χ3n) is 4.46. The number of nitrogens with one attached hydrogen (secondary N) is 2. The van der Waals surface area contributed by atoms with E-state index >= 15 is 0 Å². The summed E-state index contributed by atoms with van der Waals surface area (Å²) >= 11 is 0. The van der Waals surface area contributed by atoms with Crippen LogP contribution >= 0.6 is 0 Å². The van der Waals surface area contributed by atoms with E-state index in [1.165, 1.54) is 4.68 Å². The molecule has 0 radical (unpaired) electrons. The van der Waals surface area contributed by atoms with Gasteiger partial charge in [-0.25, -0.2) is 22.9 Å². The highest BCUT2D eigenvalue weighted by Gasteiger charge is 2.21. The van der Waals surface area contributed by atoms with Crippen LogP contribution in [0.4, 0.5) is 16.3 Å². The summed E-state index contributed by atoms with van der Waals surface area (Å²) in [4.78, 5) is 21.1. The van der Waals surface area contributed by atoms with Crippen molar-refractivity contribution in [3.05, 3.63) is 54.0 Å². The molecule has 12 heteroatoms. The second-order valence-electron chi connectivity index (χ2n) is 6.97. The number of hydrogen-bond acceptors (Lipinski definition) is 8. The van der Waals surface area contributed by atoms with Crippen molar-refractivity contribution in [3.8, 4) is 11.4 Å². The summed E-state index contributed by atoms with van der Waals surface area (Å²) in [7, 11) is -1.83. The molecule has 3 aromatic heterocycles. The number of hydrogen-bond donors (Lipinski definition) is 2. The predicted octanol–water partition coefficient (Wildman–Crippen LogP) is 2.90. The summed E-state index contributed by atoms with van der Waals surface area (Å²) in [6.07, 6.45) is 2.98. The molecular formula is C20H23N7O4S. The van der Waals surface area contributed by atoms with Crippen LogP contribution in [0.5, 0.6) is 0 Å². The molecule has 0 aliphatic carbocycles. The van der Waals surface area contributed by atoms with E-state index in [2.05, 4.69) is 36.9 Å². The van der Waals surface area contributed by atoms with Gasteiger partial charge in [0.15, 0.2) is 11.5 Å². The number of amides is 1. The van der Waals surface area contributed by atoms with E-state index in [0.29, 0.717) is 34.0 Å². The molecule has 3 aromatic rings. The maximum atomic E-state index is 12.6. The molecule has 0 bridgehead atoms. The number of ether oxygens (including phenoxy) is 1. The summed E-state index contributed by atoms with van der Waals surface area (Å²) in [5, 5.41) is 10.7. The first-order valence-corrected chi connectivity index (χ1v) is 11.4. The monoisotopic (exact) mass is 457 g/mol. The van der Waals surface area contributed by atoms with Crippen LogP contribution in [0.1, 0.15) is 30.0 Å². The van der Waals surface area contributed by atoms with E-state index < -0.39 is 22.2 Å². The number of aromatic nitrogens is 5. The molecule has 0 saturated heterocycles. The average Bonchev–Trinajstić information content (AvgIpc) is 3.08. The number of nitrogens with zero attached hydrogens (tertiary/aromatic N) is 5. The minimum absolute atomic E-state index is 0.271. The van der Waals surface area contributed by atoms with Crippen molar-refractivity contribution >= 4 is 33.7 Å². The van der Waals surface area contributed by atoms with Crippen LogP contribution in [0.15, 0.2) is 37.0 Å². The molecule has 0 saturated carbocycles. The Bertz CT molecular complexity index is 1270. The fourth-order valence-electron chi connectivity index (χ4n) is 2.96. The molecule has 3 rings (SSSR count). The molecule has 0 aromatic carbocycles. The summed E-state index contributed by atoms with van der Waals surface area (Å²) in [6, 6.07) is 6.70. The number of rotatable bonds is 7. The Morgan fingerprint density at radius 1 is 1.31 bits per heavy atom. The van der Waals surface area contributed by atoms with Gasteiger partial charge in [0, 0.05) is 18.8 Å². The Morgan fingerprint density at radius 3 is 2.72 bits per heavy atom. The fraction of sp³-hybridized carbons (Fsp3) is 0.250. The highest BCUT2D eigenvalue weighted by Crippen LogP contribution is 2.27. The van der Waals surface area contributed by atoms with Gasteiger partial charge in [-0.3, -0.25) is 15.0 Å². The second kappa shape index (κ2) is 9.14. The van der Waals surface area contributed by atoms with Gasteiger partial charge in [-0.2, -0.15) is 0 Å². The molecule has 0 fully saturated rings. The Labute approximate surface area is 185 Å². The van der Waals surface area contributed by atoms with Crippen molar-refractivity contribution in [2.24, 2.45) is 7.05 Å². The van der Waals surface area contributed by atoms with Gasteiger partial charge in [0.25, 0.3) is 0 Å². The molecule has 0 aliphatic rings. The lowest BCUT2D eigenvalue weighted by atomic mass is 10.1. The minimum atomic E-state index is -3.44. The van der Waals surface area contributed by atoms with Gasteiger partial charge in [-0.1, -0.05) is 17.9 Å². The molecule has 2 N–H and O–H groups in total. The Hall–Kier alpha value is -3.80. The summed E-state index contributed by atoms with van der Waals surface area (Å²) in [5.41, 5.74) is 2.83. The Kier molecular flexibility index (Phi) is 6.53. The van der Waals surface area contributed by atoms with Crippen LogP contribution in [0, 0.1) is 6.92 Å². The number of carbonyl (C=O) groups is 1. The normalized spacial score (nSPS) is 12.1. The highest BCUT2D eigenvalue weighted by atomic mass is 32.2. The van der Waals surface area contributed by atoms with Gasteiger partial charge >= 0.3 is 6.09 Å². The topological polar surface area (TPSA) is 141 Å². The fourth-order valence-corrected chi connectivity index (χ4v) is 3.58. The Morgan fingerprint density at radius 2 is 2.06 bits per heavy atom. The standard InChI is InChI=1S/C20H23N7O4S/c1-6-15-14(8-7-11-21-15)13(3)31-20(28)23-19-18(24-26-27(19)4)17-10-9-16(12(2)22-17)25-32(5,29)30/h6-11,13,25H,1H2,2-5H3,(H,23,28). The molecule has 11 nitrogen and oxygen atoms in total. The van der Waals surface area contributed by atoms with Crippen molar-refractivity contribution in [1.29, 1.82) is 0 Å². The van der Waals surface area contributed by atoms with Gasteiger partial charge < -0.3 is 4.74 Å². The number of carbonyl (C=O) groups excluding carboxylic acids is 1. The van der Waals surface area contributed by atoms with Crippen molar-refractivity contribution in [1.82, 2.24) is 25.0 Å². The summed E-state index contributed by atoms with van der Waals surface area (Å²) in [6.45, 7) is 7.10. The van der Waals surface area contributed by atoms with E-state index in [1.807, 2.05) is 0 Å². The maximum Gasteiger partial charge on any atom is 0.413 e. The number of anilines is 2. The van der Waals surface area contributed by atoms with Gasteiger partial charge in [0.1, 0.15) is 6.10 Å². The molecule has 1 atom stereocenters. The maximum absolute atomic E-state index is 12.6. The van der Waals surface area contributed by atoms with Crippen molar-refractivity contribution < 1.29 is 17.9 Å². The second-order valence-corrected chi connectivity index (χ2v) is 8.72. The van der Waals surface area contributed by atoms with Crippen molar-refractivity contribution in [2.75, 3.05) is 16.3 Å². The van der Waals surface area contributed by atoms with Crippen LogP contribution in [0.3, 0.4) is 0 Å². The van der Waals surface area contributed by atoms with Crippen LogP contribution < -0.4 is 10.0 Å². The first-order chi connectivity index (χ1) is 15.1. The van der Waals surface area contributed by atoms with Crippen LogP contribution in [0.2, 0.25) is 0 Å². The average molecular weight is 458 g/mol. The van der Waals surface area contributed by atoms with Gasteiger partial charge in [0.2, 0.25) is 10.0 Å². The first kappa shape index (κ1) is 22.9. The van der Waals surface area contributed by atoms with E-state index in [9.17, 15) is 13.2 Å². The summed E-state index contributed by atoms with van der Waals surface area (Å²) in [5.74, 6) is 0.271. The first-order valence-electron chi connectivity index (χ1n) is 9.49. The number of pyridine rings is 2. The third-order valence-corrected chi connectivity index (χ3v) is 5.05. The molecule has 0 aliphatic heterocycles. The molecule has 3 heterocycles. The van der Waals surface area contributed by atoms with Gasteiger partial charge in [0.05, 0.1) is 29.0 Å². The van der Waals surface area contributed by atoms with Gasteiger partial charge in [-0.05, 0) is 38.1 Å². The summed E-state index contributed by atoms with van der Waals surface area (Å²) < 4.78 is 32.2. The molecule has 0 spiro atoms. The zero-order valence-corrected chi connectivity index (χ0v) is 18.8. The smallest absolute Gasteiger partial charge is 0.413 e. The van der Waals surface area contributed by atoms with E-state index in [-0.39, 0.29) is 5.82 Å². The third kappa shape index (κ3) is 5.27. The van der Waals surface area contributed by atoms with Crippen LogP contribution in [-0.4, -0.2) is 45.7 Å². The van der Waals surface area contributed by atoms with E-state index in [1.54, 1.807) is 57.4 Å². The molecule has 1 unspecified atom stereocenters. The van der Waals surface area contributed by atoms with Crippen LogP contribution in [0.25, 0.3) is 17.5 Å². The van der Waals surface area contributed by atoms with E-state index in [4.69, 9.17) is 4.74 Å². The SMILES string of the molecule is C=Cc1ncccc1C(C)OC(=O)Nc1c(-c2ccc(NS(C)(=O)=O)c(C)n2)nnn1C. The predicted molar refractivity (Wildman–Crippen MR) is 120 cm³/mol. The van der Waals surface area contributed by atoms with Crippen LogP contribution in [-0.2, 0) is 21.8 Å². The highest BCUT2D eigenvalue weighted by molar-refractivity contribution is 7.92. The number of aryl methyl sites for hydroxylation is 2. The molecule has 1 amide bonds.